The highest BCUT2D eigenvalue weighted by Gasteiger charge is 2.11. The van der Waals surface area contributed by atoms with Crippen LogP contribution in [0.3, 0.4) is 0 Å². The predicted molar refractivity (Wildman–Crippen MR) is 61.4 cm³/mol. The molecule has 6 heteroatoms. The molecule has 2 aromatic rings. The molecule has 0 spiro atoms. The third kappa shape index (κ3) is 2.52. The van der Waals surface area contributed by atoms with E-state index < -0.39 is 5.97 Å². The molecule has 17 heavy (non-hydrogen) atoms. The number of carboxylic acid groups (broad SMARTS) is 1. The average molecular weight is 234 g/mol. The molecule has 0 fully saturated rings. The predicted octanol–water partition coefficient (Wildman–Crippen LogP) is 0.838. The Morgan fingerprint density at radius 1 is 1.47 bits per heavy atom. The van der Waals surface area contributed by atoms with Gasteiger partial charge in [-0.2, -0.15) is 5.10 Å². The summed E-state index contributed by atoms with van der Waals surface area (Å²) in [6, 6.07) is 1.95. The summed E-state index contributed by atoms with van der Waals surface area (Å²) in [6.07, 6.45) is 4.29. The maximum Gasteiger partial charge on any atom is 0.303 e. The van der Waals surface area contributed by atoms with Gasteiger partial charge in [0.1, 0.15) is 0 Å². The van der Waals surface area contributed by atoms with Crippen LogP contribution in [0.5, 0.6) is 0 Å². The maximum absolute atomic E-state index is 10.5. The summed E-state index contributed by atoms with van der Waals surface area (Å²) < 4.78 is 3.60. The second-order valence-corrected chi connectivity index (χ2v) is 3.93. The summed E-state index contributed by atoms with van der Waals surface area (Å²) in [5.74, 6) is 0.485. The minimum absolute atomic E-state index is 0.0538. The Labute approximate surface area is 98.5 Å². The molecule has 0 unspecified atom stereocenters. The fourth-order valence-electron chi connectivity index (χ4n) is 1.65. The second kappa shape index (κ2) is 4.40. The molecular weight excluding hydrogens is 220 g/mol. The number of carbonyl (C=O) groups is 1. The zero-order chi connectivity index (χ0) is 12.4. The molecule has 0 saturated carbocycles. The van der Waals surface area contributed by atoms with Crippen LogP contribution in [-0.4, -0.2) is 30.4 Å². The lowest BCUT2D eigenvalue weighted by Gasteiger charge is -1.94. The van der Waals surface area contributed by atoms with Crippen LogP contribution in [0, 0.1) is 0 Å². The van der Waals surface area contributed by atoms with Gasteiger partial charge in [0, 0.05) is 38.5 Å². The van der Waals surface area contributed by atoms with E-state index in [1.807, 2.05) is 30.1 Å². The Morgan fingerprint density at radius 3 is 2.82 bits per heavy atom. The van der Waals surface area contributed by atoms with E-state index in [4.69, 9.17) is 5.11 Å². The van der Waals surface area contributed by atoms with Crippen LogP contribution in [0.25, 0.3) is 11.4 Å². The van der Waals surface area contributed by atoms with Crippen molar-refractivity contribution in [1.29, 1.82) is 0 Å². The van der Waals surface area contributed by atoms with Gasteiger partial charge in [0.25, 0.3) is 0 Å². The quantitative estimate of drug-likeness (QED) is 0.850. The number of carboxylic acids is 1. The Morgan fingerprint density at radius 2 is 2.24 bits per heavy atom. The molecule has 0 aliphatic heterocycles. The molecule has 0 radical (unpaired) electrons. The summed E-state index contributed by atoms with van der Waals surface area (Å²) in [5.41, 5.74) is 0.976. The molecule has 90 valence electrons. The lowest BCUT2D eigenvalue weighted by Crippen LogP contribution is -1.99. The van der Waals surface area contributed by atoms with Crippen molar-refractivity contribution in [1.82, 2.24) is 19.3 Å². The first-order valence-corrected chi connectivity index (χ1v) is 5.30. The fourth-order valence-corrected chi connectivity index (χ4v) is 1.65. The van der Waals surface area contributed by atoms with Crippen molar-refractivity contribution in [3.63, 3.8) is 0 Å². The zero-order valence-electron chi connectivity index (χ0n) is 9.79. The van der Waals surface area contributed by atoms with E-state index in [0.717, 1.165) is 11.4 Å². The summed E-state index contributed by atoms with van der Waals surface area (Å²) in [7, 11) is 3.74. The second-order valence-electron chi connectivity index (χ2n) is 3.93. The van der Waals surface area contributed by atoms with Crippen LogP contribution in [0.15, 0.2) is 18.5 Å². The molecule has 0 aromatic carbocycles. The molecule has 0 bridgehead atoms. The van der Waals surface area contributed by atoms with E-state index in [1.54, 1.807) is 11.7 Å². The third-order valence-corrected chi connectivity index (χ3v) is 2.46. The monoisotopic (exact) mass is 234 g/mol. The van der Waals surface area contributed by atoms with Crippen molar-refractivity contribution in [2.45, 2.75) is 12.8 Å². The van der Waals surface area contributed by atoms with E-state index >= 15 is 0 Å². The molecule has 0 atom stereocenters. The first-order chi connectivity index (χ1) is 8.06. The maximum atomic E-state index is 10.5. The van der Waals surface area contributed by atoms with Gasteiger partial charge >= 0.3 is 5.97 Å². The number of rotatable bonds is 4. The molecular formula is C11H14N4O2. The van der Waals surface area contributed by atoms with E-state index in [2.05, 4.69) is 10.1 Å². The van der Waals surface area contributed by atoms with Gasteiger partial charge in [0.05, 0.1) is 6.42 Å². The molecule has 0 saturated heterocycles. The molecule has 0 amide bonds. The van der Waals surface area contributed by atoms with Crippen molar-refractivity contribution in [2.24, 2.45) is 14.1 Å². The molecule has 2 heterocycles. The number of hydrogen-bond acceptors (Lipinski definition) is 3. The van der Waals surface area contributed by atoms with Gasteiger partial charge in [-0.25, -0.2) is 9.67 Å². The highest BCUT2D eigenvalue weighted by Crippen LogP contribution is 2.16. The standard InChI is InChI=1S/C11H14N4O2/c1-14-6-5-8(7-14)11-12-9(13-15(11)2)3-4-10(16)17/h5-7H,3-4H2,1-2H3,(H,16,17). The largest absolute Gasteiger partial charge is 0.481 e. The summed E-state index contributed by atoms with van der Waals surface area (Å²) >= 11 is 0. The summed E-state index contributed by atoms with van der Waals surface area (Å²) in [6.45, 7) is 0. The van der Waals surface area contributed by atoms with Crippen LogP contribution in [-0.2, 0) is 25.3 Å². The normalized spacial score (nSPS) is 10.7. The van der Waals surface area contributed by atoms with Gasteiger partial charge in [0.2, 0.25) is 0 Å². The highest BCUT2D eigenvalue weighted by atomic mass is 16.4. The van der Waals surface area contributed by atoms with E-state index in [1.165, 1.54) is 0 Å². The van der Waals surface area contributed by atoms with Crippen molar-refractivity contribution >= 4 is 5.97 Å². The van der Waals surface area contributed by atoms with Crippen molar-refractivity contribution < 1.29 is 9.90 Å². The van der Waals surface area contributed by atoms with Crippen molar-refractivity contribution in [3.8, 4) is 11.4 Å². The van der Waals surface area contributed by atoms with Gasteiger partial charge < -0.3 is 9.67 Å². The third-order valence-electron chi connectivity index (χ3n) is 2.46. The number of hydrogen-bond donors (Lipinski definition) is 1. The molecule has 2 rings (SSSR count). The van der Waals surface area contributed by atoms with Crippen molar-refractivity contribution in [2.75, 3.05) is 0 Å². The van der Waals surface area contributed by atoms with Crippen LogP contribution in [0.1, 0.15) is 12.2 Å². The van der Waals surface area contributed by atoms with E-state index in [9.17, 15) is 4.79 Å². The van der Waals surface area contributed by atoms with Gasteiger partial charge in [0.15, 0.2) is 11.6 Å². The Hall–Kier alpha value is -2.11. The summed E-state index contributed by atoms with van der Waals surface area (Å²) in [5, 5.41) is 12.8. The van der Waals surface area contributed by atoms with Gasteiger partial charge in [-0.1, -0.05) is 0 Å². The smallest absolute Gasteiger partial charge is 0.303 e. The number of aromatic nitrogens is 4. The minimum Gasteiger partial charge on any atom is -0.481 e. The SMILES string of the molecule is Cn1ccc(-c2nc(CCC(=O)O)nn2C)c1. The topological polar surface area (TPSA) is 72.9 Å². The fraction of sp³-hybridized carbons (Fsp3) is 0.364. The number of aryl methyl sites for hydroxylation is 3. The van der Waals surface area contributed by atoms with E-state index in [0.29, 0.717) is 12.2 Å². The lowest BCUT2D eigenvalue weighted by atomic mass is 10.3. The lowest BCUT2D eigenvalue weighted by molar-refractivity contribution is -0.137. The first kappa shape index (κ1) is 11.4. The van der Waals surface area contributed by atoms with E-state index in [-0.39, 0.29) is 6.42 Å². The van der Waals surface area contributed by atoms with Crippen LogP contribution < -0.4 is 0 Å². The van der Waals surface area contributed by atoms with Gasteiger partial charge in [-0.3, -0.25) is 4.79 Å². The Kier molecular flexibility index (Phi) is 2.95. The minimum atomic E-state index is -0.835. The first-order valence-electron chi connectivity index (χ1n) is 5.30. The Bertz CT molecular complexity index is 541. The highest BCUT2D eigenvalue weighted by molar-refractivity contribution is 5.66. The molecule has 1 N–H and O–H groups in total. The van der Waals surface area contributed by atoms with Gasteiger partial charge in [-0.15, -0.1) is 0 Å². The van der Waals surface area contributed by atoms with Gasteiger partial charge in [-0.05, 0) is 6.07 Å². The number of nitrogens with zero attached hydrogens (tertiary/aromatic N) is 4. The summed E-state index contributed by atoms with van der Waals surface area (Å²) in [4.78, 5) is 14.8. The van der Waals surface area contributed by atoms with Crippen LogP contribution in [0.2, 0.25) is 0 Å². The van der Waals surface area contributed by atoms with Crippen LogP contribution >= 0.6 is 0 Å². The molecule has 0 aliphatic carbocycles. The van der Waals surface area contributed by atoms with Crippen LogP contribution in [0.4, 0.5) is 0 Å². The molecule has 2 aromatic heterocycles. The van der Waals surface area contributed by atoms with Crippen molar-refractivity contribution in [3.05, 3.63) is 24.3 Å². The molecule has 6 nitrogen and oxygen atoms in total. The number of aliphatic carboxylic acids is 1. The molecule has 0 aliphatic rings. The Balaban J connectivity index is 2.21. The zero-order valence-corrected chi connectivity index (χ0v) is 9.79. The average Bonchev–Trinajstić information content (AvgIpc) is 2.82.